The molecule has 0 saturated heterocycles. The van der Waals surface area contributed by atoms with Crippen LogP contribution in [0.15, 0.2) is 18.2 Å². The van der Waals surface area contributed by atoms with Gasteiger partial charge in [-0.15, -0.1) is 0 Å². The van der Waals surface area contributed by atoms with Gasteiger partial charge in [0.25, 0.3) is 0 Å². The molecule has 0 spiro atoms. The number of hydrogen-bond donors (Lipinski definition) is 1. The summed E-state index contributed by atoms with van der Waals surface area (Å²) in [4.78, 5) is 0. The highest BCUT2D eigenvalue weighted by Gasteiger charge is 2.01. The fourth-order valence-electron chi connectivity index (χ4n) is 2.74. The number of hydrogen-bond acceptors (Lipinski definition) is 1. The Labute approximate surface area is 126 Å². The standard InChI is InChI=1S/C19H33N/c1-4-14-20-15-10-8-7-9-11-17-12-13-18(5-2)19(6-3)16-17/h12-13,16,20H,4-11,14-15H2,1-3H3. The smallest absolute Gasteiger partial charge is 0.00489 e. The Morgan fingerprint density at radius 1 is 0.800 bits per heavy atom. The van der Waals surface area contributed by atoms with Crippen LogP contribution in [-0.2, 0) is 19.3 Å². The van der Waals surface area contributed by atoms with Crippen LogP contribution >= 0.6 is 0 Å². The zero-order valence-corrected chi connectivity index (χ0v) is 13.8. The van der Waals surface area contributed by atoms with Crippen LogP contribution < -0.4 is 5.32 Å². The number of benzene rings is 1. The van der Waals surface area contributed by atoms with Crippen molar-refractivity contribution < 1.29 is 0 Å². The first kappa shape index (κ1) is 17.2. The van der Waals surface area contributed by atoms with Crippen LogP contribution in [0.4, 0.5) is 0 Å². The van der Waals surface area contributed by atoms with E-state index in [0.29, 0.717) is 0 Å². The molecule has 1 nitrogen and oxygen atoms in total. The predicted octanol–water partition coefficient (Wildman–Crippen LogP) is 4.91. The Bertz CT molecular complexity index is 357. The Morgan fingerprint density at radius 2 is 1.55 bits per heavy atom. The van der Waals surface area contributed by atoms with Gasteiger partial charge in [0.1, 0.15) is 0 Å². The second kappa shape index (κ2) is 10.9. The van der Waals surface area contributed by atoms with Crippen LogP contribution in [0.2, 0.25) is 0 Å². The molecule has 0 radical (unpaired) electrons. The molecule has 0 saturated carbocycles. The van der Waals surface area contributed by atoms with Gasteiger partial charge in [0.2, 0.25) is 0 Å². The molecular formula is C19H33N. The highest BCUT2D eigenvalue weighted by atomic mass is 14.8. The van der Waals surface area contributed by atoms with Gasteiger partial charge in [0.15, 0.2) is 0 Å². The first-order valence-electron chi connectivity index (χ1n) is 8.63. The van der Waals surface area contributed by atoms with Crippen LogP contribution in [0.1, 0.15) is 69.6 Å². The lowest BCUT2D eigenvalue weighted by molar-refractivity contribution is 0.584. The molecule has 0 atom stereocenters. The van der Waals surface area contributed by atoms with Gasteiger partial charge < -0.3 is 5.32 Å². The van der Waals surface area contributed by atoms with E-state index in [1.165, 1.54) is 69.2 Å². The van der Waals surface area contributed by atoms with Crippen molar-refractivity contribution in [3.05, 3.63) is 34.9 Å². The molecule has 1 rings (SSSR count). The quantitative estimate of drug-likeness (QED) is 0.566. The van der Waals surface area contributed by atoms with Gasteiger partial charge in [-0.05, 0) is 68.3 Å². The summed E-state index contributed by atoms with van der Waals surface area (Å²) in [6, 6.07) is 7.10. The molecule has 0 aromatic heterocycles. The molecule has 0 bridgehead atoms. The summed E-state index contributed by atoms with van der Waals surface area (Å²) in [5.41, 5.74) is 4.61. The van der Waals surface area contributed by atoms with Crippen LogP contribution in [0.5, 0.6) is 0 Å². The molecule has 0 heterocycles. The van der Waals surface area contributed by atoms with Crippen molar-refractivity contribution in [2.45, 2.75) is 72.1 Å². The summed E-state index contributed by atoms with van der Waals surface area (Å²) >= 11 is 0. The van der Waals surface area contributed by atoms with Gasteiger partial charge in [0, 0.05) is 0 Å². The third kappa shape index (κ3) is 6.56. The summed E-state index contributed by atoms with van der Waals surface area (Å²) in [6.45, 7) is 9.10. The zero-order chi connectivity index (χ0) is 14.6. The highest BCUT2D eigenvalue weighted by molar-refractivity contribution is 5.32. The summed E-state index contributed by atoms with van der Waals surface area (Å²) in [7, 11) is 0. The van der Waals surface area contributed by atoms with E-state index in [1.54, 1.807) is 5.56 Å². The van der Waals surface area contributed by atoms with Crippen molar-refractivity contribution in [3.8, 4) is 0 Å². The maximum atomic E-state index is 3.47. The van der Waals surface area contributed by atoms with E-state index in [4.69, 9.17) is 0 Å². The van der Waals surface area contributed by atoms with Crippen molar-refractivity contribution in [3.63, 3.8) is 0 Å². The summed E-state index contributed by atoms with van der Waals surface area (Å²) in [5.74, 6) is 0. The normalized spacial score (nSPS) is 10.9. The van der Waals surface area contributed by atoms with Crippen LogP contribution in [0.3, 0.4) is 0 Å². The molecule has 0 fully saturated rings. The van der Waals surface area contributed by atoms with Crippen LogP contribution in [-0.4, -0.2) is 13.1 Å². The molecule has 1 heteroatoms. The third-order valence-corrected chi connectivity index (χ3v) is 4.03. The monoisotopic (exact) mass is 275 g/mol. The van der Waals surface area contributed by atoms with E-state index in [1.807, 2.05) is 0 Å². The van der Waals surface area contributed by atoms with E-state index >= 15 is 0 Å². The molecule has 114 valence electrons. The number of nitrogens with one attached hydrogen (secondary N) is 1. The minimum Gasteiger partial charge on any atom is -0.317 e. The molecule has 0 unspecified atom stereocenters. The minimum atomic E-state index is 1.16. The van der Waals surface area contributed by atoms with E-state index in [9.17, 15) is 0 Å². The van der Waals surface area contributed by atoms with Gasteiger partial charge >= 0.3 is 0 Å². The molecule has 0 aliphatic carbocycles. The lowest BCUT2D eigenvalue weighted by Crippen LogP contribution is -2.15. The SMILES string of the molecule is CCCNCCCCCCc1ccc(CC)c(CC)c1. The van der Waals surface area contributed by atoms with E-state index in [-0.39, 0.29) is 0 Å². The topological polar surface area (TPSA) is 12.0 Å². The fourth-order valence-corrected chi connectivity index (χ4v) is 2.74. The second-order valence-electron chi connectivity index (χ2n) is 5.72. The average Bonchev–Trinajstić information content (AvgIpc) is 2.49. The van der Waals surface area contributed by atoms with Gasteiger partial charge in [0.05, 0.1) is 0 Å². The fraction of sp³-hybridized carbons (Fsp3) is 0.684. The van der Waals surface area contributed by atoms with Crippen molar-refractivity contribution in [1.29, 1.82) is 0 Å². The molecule has 0 amide bonds. The predicted molar refractivity (Wildman–Crippen MR) is 90.5 cm³/mol. The largest absolute Gasteiger partial charge is 0.317 e. The maximum Gasteiger partial charge on any atom is -0.00489 e. The molecule has 0 aliphatic rings. The van der Waals surface area contributed by atoms with E-state index in [0.717, 1.165) is 6.42 Å². The zero-order valence-electron chi connectivity index (χ0n) is 13.8. The first-order valence-corrected chi connectivity index (χ1v) is 8.63. The maximum absolute atomic E-state index is 3.47. The lowest BCUT2D eigenvalue weighted by atomic mass is 9.97. The summed E-state index contributed by atoms with van der Waals surface area (Å²) in [5, 5.41) is 3.47. The second-order valence-corrected chi connectivity index (χ2v) is 5.72. The highest BCUT2D eigenvalue weighted by Crippen LogP contribution is 2.16. The lowest BCUT2D eigenvalue weighted by Gasteiger charge is -2.09. The molecular weight excluding hydrogens is 242 g/mol. The Kier molecular flexibility index (Phi) is 9.40. The van der Waals surface area contributed by atoms with E-state index < -0.39 is 0 Å². The molecule has 1 aromatic carbocycles. The Morgan fingerprint density at radius 3 is 2.25 bits per heavy atom. The van der Waals surface area contributed by atoms with Crippen molar-refractivity contribution in [2.24, 2.45) is 0 Å². The van der Waals surface area contributed by atoms with Crippen LogP contribution in [0.25, 0.3) is 0 Å². The Hall–Kier alpha value is -0.820. The van der Waals surface area contributed by atoms with Crippen LogP contribution in [0, 0.1) is 0 Å². The van der Waals surface area contributed by atoms with Crippen molar-refractivity contribution in [1.82, 2.24) is 5.32 Å². The third-order valence-electron chi connectivity index (χ3n) is 4.03. The molecule has 1 N–H and O–H groups in total. The average molecular weight is 275 g/mol. The number of rotatable bonds is 11. The van der Waals surface area contributed by atoms with Crippen molar-refractivity contribution >= 4 is 0 Å². The van der Waals surface area contributed by atoms with Gasteiger partial charge in [-0.1, -0.05) is 51.8 Å². The van der Waals surface area contributed by atoms with Gasteiger partial charge in [-0.2, -0.15) is 0 Å². The van der Waals surface area contributed by atoms with Gasteiger partial charge in [-0.25, -0.2) is 0 Å². The first-order chi connectivity index (χ1) is 9.81. The molecule has 1 aromatic rings. The summed E-state index contributed by atoms with van der Waals surface area (Å²) < 4.78 is 0. The summed E-state index contributed by atoms with van der Waals surface area (Å²) in [6.07, 6.45) is 10.2. The van der Waals surface area contributed by atoms with Crippen molar-refractivity contribution in [2.75, 3.05) is 13.1 Å². The molecule has 0 aliphatic heterocycles. The number of aryl methyl sites for hydroxylation is 3. The Balaban J connectivity index is 2.18. The molecule has 20 heavy (non-hydrogen) atoms. The number of unbranched alkanes of at least 4 members (excludes halogenated alkanes) is 3. The van der Waals surface area contributed by atoms with E-state index in [2.05, 4.69) is 44.3 Å². The minimum absolute atomic E-state index is 1.16. The van der Waals surface area contributed by atoms with Gasteiger partial charge in [-0.3, -0.25) is 0 Å².